The SMILES string of the molecule is O=C1Nc2ccccc2C[C@H]1CCC(=O)N1Cc2ccccc2C[C@@H]1C(=O)O. The van der Waals surface area contributed by atoms with Crippen molar-refractivity contribution in [3.63, 3.8) is 0 Å². The summed E-state index contributed by atoms with van der Waals surface area (Å²) >= 11 is 0. The smallest absolute Gasteiger partial charge is 0.326 e. The molecule has 0 unspecified atom stereocenters. The number of hydrogen-bond donors (Lipinski definition) is 2. The number of carbonyl (C=O) groups excluding carboxylic acids is 2. The van der Waals surface area contributed by atoms with E-state index in [9.17, 15) is 19.5 Å². The molecule has 0 aliphatic carbocycles. The minimum atomic E-state index is -0.993. The number of nitrogens with one attached hydrogen (secondary N) is 1. The van der Waals surface area contributed by atoms with Crippen LogP contribution in [-0.4, -0.2) is 33.8 Å². The molecule has 2 amide bonds. The van der Waals surface area contributed by atoms with Crippen molar-refractivity contribution in [2.75, 3.05) is 5.32 Å². The van der Waals surface area contributed by atoms with Crippen molar-refractivity contribution in [3.05, 3.63) is 65.2 Å². The van der Waals surface area contributed by atoms with Gasteiger partial charge in [-0.05, 0) is 35.6 Å². The molecule has 2 N–H and O–H groups in total. The van der Waals surface area contributed by atoms with Crippen LogP contribution in [0, 0.1) is 5.92 Å². The first-order chi connectivity index (χ1) is 13.5. The second-order valence-electron chi connectivity index (χ2n) is 7.43. The van der Waals surface area contributed by atoms with Crippen molar-refractivity contribution < 1.29 is 19.5 Å². The molecule has 28 heavy (non-hydrogen) atoms. The van der Waals surface area contributed by atoms with E-state index in [0.717, 1.165) is 22.4 Å². The normalized spacial score (nSPS) is 20.7. The molecule has 2 aliphatic rings. The lowest BCUT2D eigenvalue weighted by molar-refractivity contribution is -0.151. The summed E-state index contributed by atoms with van der Waals surface area (Å²) in [5.74, 6) is -1.56. The Kier molecular flexibility index (Phi) is 4.86. The molecule has 0 radical (unpaired) electrons. The first-order valence-corrected chi connectivity index (χ1v) is 9.51. The number of amides is 2. The van der Waals surface area contributed by atoms with Crippen molar-refractivity contribution in [1.82, 2.24) is 4.90 Å². The van der Waals surface area contributed by atoms with Crippen LogP contribution in [0.5, 0.6) is 0 Å². The molecular weight excluding hydrogens is 356 g/mol. The van der Waals surface area contributed by atoms with Crippen LogP contribution in [-0.2, 0) is 33.8 Å². The lowest BCUT2D eigenvalue weighted by atomic mass is 9.89. The van der Waals surface area contributed by atoms with Gasteiger partial charge in [-0.15, -0.1) is 0 Å². The van der Waals surface area contributed by atoms with E-state index in [1.165, 1.54) is 4.90 Å². The van der Waals surface area contributed by atoms with Crippen LogP contribution in [0.15, 0.2) is 48.5 Å². The van der Waals surface area contributed by atoms with Gasteiger partial charge in [-0.25, -0.2) is 4.79 Å². The number of aliphatic carboxylic acids is 1. The van der Waals surface area contributed by atoms with E-state index in [0.29, 0.717) is 25.8 Å². The van der Waals surface area contributed by atoms with Gasteiger partial charge < -0.3 is 15.3 Å². The molecule has 6 nitrogen and oxygen atoms in total. The van der Waals surface area contributed by atoms with Crippen molar-refractivity contribution in [3.8, 4) is 0 Å². The molecule has 6 heteroatoms. The van der Waals surface area contributed by atoms with Gasteiger partial charge in [-0.2, -0.15) is 0 Å². The molecule has 0 aromatic heterocycles. The van der Waals surface area contributed by atoms with Crippen molar-refractivity contribution in [1.29, 1.82) is 0 Å². The van der Waals surface area contributed by atoms with E-state index in [1.807, 2.05) is 48.5 Å². The van der Waals surface area contributed by atoms with Gasteiger partial charge in [0.1, 0.15) is 6.04 Å². The lowest BCUT2D eigenvalue weighted by Gasteiger charge is -2.35. The van der Waals surface area contributed by atoms with Crippen LogP contribution in [0.3, 0.4) is 0 Å². The molecule has 144 valence electrons. The molecule has 0 saturated heterocycles. The summed E-state index contributed by atoms with van der Waals surface area (Å²) in [4.78, 5) is 38.4. The Balaban J connectivity index is 1.44. The van der Waals surface area contributed by atoms with E-state index in [-0.39, 0.29) is 24.2 Å². The standard InChI is InChI=1S/C22H22N2O4/c25-20(10-9-16-11-15-6-3-4-8-18(15)23-21(16)26)24-13-17-7-2-1-5-14(17)12-19(24)22(27)28/h1-8,16,19H,9-13H2,(H,23,26)(H,27,28)/t16-,19-/m1/s1. The number of rotatable bonds is 4. The van der Waals surface area contributed by atoms with Gasteiger partial charge in [0.2, 0.25) is 11.8 Å². The Hall–Kier alpha value is -3.15. The molecule has 2 aromatic carbocycles. The number of carboxylic acid groups (broad SMARTS) is 1. The fraction of sp³-hybridized carbons (Fsp3) is 0.318. The summed E-state index contributed by atoms with van der Waals surface area (Å²) in [6.45, 7) is 0.297. The van der Waals surface area contributed by atoms with E-state index in [2.05, 4.69) is 5.32 Å². The van der Waals surface area contributed by atoms with Crippen LogP contribution in [0.2, 0.25) is 0 Å². The highest BCUT2D eigenvalue weighted by atomic mass is 16.4. The average Bonchev–Trinajstić information content (AvgIpc) is 2.70. The topological polar surface area (TPSA) is 86.7 Å². The molecular formula is C22H22N2O4. The highest BCUT2D eigenvalue weighted by Gasteiger charge is 2.35. The van der Waals surface area contributed by atoms with Gasteiger partial charge in [-0.3, -0.25) is 9.59 Å². The number of anilines is 1. The third-order valence-electron chi connectivity index (χ3n) is 5.67. The Morgan fingerprint density at radius 3 is 2.43 bits per heavy atom. The number of para-hydroxylation sites is 1. The zero-order valence-electron chi connectivity index (χ0n) is 15.4. The second-order valence-corrected chi connectivity index (χ2v) is 7.43. The van der Waals surface area contributed by atoms with Crippen LogP contribution < -0.4 is 5.32 Å². The number of fused-ring (bicyclic) bond motifs is 2. The molecule has 2 aromatic rings. The lowest BCUT2D eigenvalue weighted by Crippen LogP contribution is -2.48. The highest BCUT2D eigenvalue weighted by molar-refractivity contribution is 5.96. The third-order valence-corrected chi connectivity index (χ3v) is 5.67. The van der Waals surface area contributed by atoms with Gasteiger partial charge in [0.05, 0.1) is 0 Å². The van der Waals surface area contributed by atoms with Gasteiger partial charge in [-0.1, -0.05) is 42.5 Å². The summed E-state index contributed by atoms with van der Waals surface area (Å²) < 4.78 is 0. The summed E-state index contributed by atoms with van der Waals surface area (Å²) in [6, 6.07) is 14.4. The van der Waals surface area contributed by atoms with Gasteiger partial charge in [0.15, 0.2) is 0 Å². The maximum absolute atomic E-state index is 12.8. The monoisotopic (exact) mass is 378 g/mol. The van der Waals surface area contributed by atoms with Gasteiger partial charge >= 0.3 is 5.97 Å². The Bertz CT molecular complexity index is 940. The maximum atomic E-state index is 12.8. The Morgan fingerprint density at radius 1 is 1.00 bits per heavy atom. The van der Waals surface area contributed by atoms with E-state index in [1.54, 1.807) is 0 Å². The minimum absolute atomic E-state index is 0.0784. The van der Waals surface area contributed by atoms with Gasteiger partial charge in [0.25, 0.3) is 0 Å². The van der Waals surface area contributed by atoms with E-state index < -0.39 is 12.0 Å². The van der Waals surface area contributed by atoms with Crippen molar-refractivity contribution >= 4 is 23.5 Å². The fourth-order valence-electron chi connectivity index (χ4n) is 4.09. The molecule has 0 bridgehead atoms. The first kappa shape index (κ1) is 18.2. The zero-order valence-corrected chi connectivity index (χ0v) is 15.4. The van der Waals surface area contributed by atoms with Crippen molar-refractivity contribution in [2.24, 2.45) is 5.92 Å². The predicted octanol–water partition coefficient (Wildman–Crippen LogP) is 2.62. The fourth-order valence-corrected chi connectivity index (χ4v) is 4.09. The van der Waals surface area contributed by atoms with Crippen LogP contribution in [0.1, 0.15) is 29.5 Å². The molecule has 4 rings (SSSR count). The maximum Gasteiger partial charge on any atom is 0.326 e. The Morgan fingerprint density at radius 2 is 1.68 bits per heavy atom. The second kappa shape index (κ2) is 7.46. The molecule has 2 aliphatic heterocycles. The molecule has 0 saturated carbocycles. The van der Waals surface area contributed by atoms with Gasteiger partial charge in [0, 0.05) is 31.0 Å². The summed E-state index contributed by atoms with van der Waals surface area (Å²) in [7, 11) is 0. The zero-order chi connectivity index (χ0) is 19.7. The quantitative estimate of drug-likeness (QED) is 0.856. The predicted molar refractivity (Wildman–Crippen MR) is 104 cm³/mol. The van der Waals surface area contributed by atoms with Crippen LogP contribution in [0.4, 0.5) is 5.69 Å². The summed E-state index contributed by atoms with van der Waals surface area (Å²) in [5.41, 5.74) is 3.85. The number of carboxylic acids is 1. The summed E-state index contributed by atoms with van der Waals surface area (Å²) in [5, 5.41) is 12.5. The minimum Gasteiger partial charge on any atom is -0.480 e. The number of benzene rings is 2. The highest BCUT2D eigenvalue weighted by Crippen LogP contribution is 2.29. The largest absolute Gasteiger partial charge is 0.480 e. The molecule has 2 atom stereocenters. The van der Waals surface area contributed by atoms with Crippen LogP contribution >= 0.6 is 0 Å². The number of hydrogen-bond acceptors (Lipinski definition) is 3. The first-order valence-electron chi connectivity index (χ1n) is 9.51. The van der Waals surface area contributed by atoms with Crippen molar-refractivity contribution in [2.45, 2.75) is 38.3 Å². The third kappa shape index (κ3) is 3.50. The summed E-state index contributed by atoms with van der Waals surface area (Å²) in [6.07, 6.45) is 1.48. The van der Waals surface area contributed by atoms with Crippen LogP contribution in [0.25, 0.3) is 0 Å². The average molecular weight is 378 g/mol. The Labute approximate surface area is 163 Å². The molecule has 0 spiro atoms. The number of carbonyl (C=O) groups is 3. The molecule has 2 heterocycles. The molecule has 0 fully saturated rings. The number of nitrogens with zero attached hydrogens (tertiary/aromatic N) is 1. The van der Waals surface area contributed by atoms with E-state index >= 15 is 0 Å². The van der Waals surface area contributed by atoms with E-state index in [4.69, 9.17) is 0 Å².